The molecular formula is C19H34IN3O3. The molecule has 0 radical (unpaired) electrons. The molecule has 6 nitrogen and oxygen atoms in total. The van der Waals surface area contributed by atoms with Crippen LogP contribution in [0.2, 0.25) is 0 Å². The number of phenolic OH excluding ortho intramolecular Hbond substituents is 1. The summed E-state index contributed by atoms with van der Waals surface area (Å²) in [6.45, 7) is 7.70. The van der Waals surface area contributed by atoms with Crippen molar-refractivity contribution in [2.45, 2.75) is 59.0 Å². The molecule has 0 bridgehead atoms. The number of hydrogen-bond acceptors (Lipinski definition) is 4. The summed E-state index contributed by atoms with van der Waals surface area (Å²) >= 11 is 0. The van der Waals surface area contributed by atoms with Crippen molar-refractivity contribution in [3.05, 3.63) is 17.7 Å². The summed E-state index contributed by atoms with van der Waals surface area (Å²) in [7, 11) is 3.04. The van der Waals surface area contributed by atoms with Crippen LogP contribution in [0.3, 0.4) is 0 Å². The predicted octanol–water partition coefficient (Wildman–Crippen LogP) is 4.05. The van der Waals surface area contributed by atoms with E-state index in [9.17, 15) is 5.11 Å². The van der Waals surface area contributed by atoms with E-state index in [1.165, 1.54) is 33.5 Å². The highest BCUT2D eigenvalue weighted by Crippen LogP contribution is 2.37. The van der Waals surface area contributed by atoms with Gasteiger partial charge in [-0.2, -0.15) is 0 Å². The second-order valence-electron chi connectivity index (χ2n) is 6.09. The first-order valence-electron chi connectivity index (χ1n) is 9.04. The summed E-state index contributed by atoms with van der Waals surface area (Å²) in [6, 6.07) is 3.92. The van der Waals surface area contributed by atoms with Crippen molar-refractivity contribution in [1.29, 1.82) is 0 Å². The molecule has 0 amide bonds. The molecular weight excluding hydrogens is 445 g/mol. The van der Waals surface area contributed by atoms with Crippen molar-refractivity contribution in [2.75, 3.05) is 20.8 Å². The Morgan fingerprint density at radius 2 is 1.77 bits per heavy atom. The first-order chi connectivity index (χ1) is 12.0. The zero-order valence-corrected chi connectivity index (χ0v) is 18.9. The third-order valence-corrected chi connectivity index (χ3v) is 3.93. The van der Waals surface area contributed by atoms with Gasteiger partial charge in [0.2, 0.25) is 5.75 Å². The Hall–Kier alpha value is -1.38. The van der Waals surface area contributed by atoms with Crippen LogP contribution >= 0.6 is 24.0 Å². The summed E-state index contributed by atoms with van der Waals surface area (Å²) in [5.74, 6) is 1.57. The number of benzene rings is 1. The van der Waals surface area contributed by atoms with Crippen LogP contribution in [-0.2, 0) is 6.54 Å². The van der Waals surface area contributed by atoms with E-state index in [4.69, 9.17) is 9.47 Å². The largest absolute Gasteiger partial charge is 0.502 e. The highest BCUT2D eigenvalue weighted by atomic mass is 127. The van der Waals surface area contributed by atoms with Gasteiger partial charge in [-0.15, -0.1) is 24.0 Å². The van der Waals surface area contributed by atoms with Crippen LogP contribution in [0.15, 0.2) is 17.1 Å². The van der Waals surface area contributed by atoms with Crippen LogP contribution in [-0.4, -0.2) is 37.9 Å². The molecule has 0 fully saturated rings. The number of unbranched alkanes of at least 4 members (excludes halogenated alkanes) is 2. The standard InChI is InChI=1S/C19H33N3O3.HI/c1-6-8-9-10-14(3)22-19(20-7-2)21-13-15-11-16(24-4)18(23)17(12-15)25-5;/h11-12,14,23H,6-10,13H2,1-5H3,(H2,20,21,22);1H. The van der Waals surface area contributed by atoms with Crippen LogP contribution in [0.1, 0.15) is 52.0 Å². The number of nitrogens with one attached hydrogen (secondary N) is 2. The lowest BCUT2D eigenvalue weighted by Crippen LogP contribution is -2.42. The van der Waals surface area contributed by atoms with Gasteiger partial charge in [-0.05, 0) is 38.0 Å². The van der Waals surface area contributed by atoms with E-state index in [0.29, 0.717) is 24.1 Å². The summed E-state index contributed by atoms with van der Waals surface area (Å²) in [5.41, 5.74) is 0.905. The second kappa shape index (κ2) is 13.8. The van der Waals surface area contributed by atoms with E-state index in [1.54, 1.807) is 12.1 Å². The fourth-order valence-corrected chi connectivity index (χ4v) is 2.54. The summed E-state index contributed by atoms with van der Waals surface area (Å²) in [6.07, 6.45) is 4.83. The normalized spacial score (nSPS) is 12.1. The second-order valence-corrected chi connectivity index (χ2v) is 6.09. The molecule has 7 heteroatoms. The first kappa shape index (κ1) is 24.6. The molecule has 0 saturated heterocycles. The topological polar surface area (TPSA) is 75.1 Å². The number of phenols is 1. The Morgan fingerprint density at radius 1 is 1.15 bits per heavy atom. The lowest BCUT2D eigenvalue weighted by molar-refractivity contribution is 0.339. The van der Waals surface area contributed by atoms with E-state index >= 15 is 0 Å². The fraction of sp³-hybridized carbons (Fsp3) is 0.632. The minimum atomic E-state index is 0. The molecule has 3 N–H and O–H groups in total. The number of guanidine groups is 1. The number of aliphatic imine (C=N–C) groups is 1. The Morgan fingerprint density at radius 3 is 2.27 bits per heavy atom. The Bertz CT molecular complexity index is 528. The van der Waals surface area contributed by atoms with Crippen LogP contribution in [0.25, 0.3) is 0 Å². The maximum atomic E-state index is 9.99. The van der Waals surface area contributed by atoms with Crippen molar-refractivity contribution < 1.29 is 14.6 Å². The molecule has 0 aliphatic rings. The molecule has 26 heavy (non-hydrogen) atoms. The van der Waals surface area contributed by atoms with E-state index in [-0.39, 0.29) is 29.7 Å². The minimum Gasteiger partial charge on any atom is -0.502 e. The minimum absolute atomic E-state index is 0. The molecule has 1 unspecified atom stereocenters. The van der Waals surface area contributed by atoms with Crippen LogP contribution in [0, 0.1) is 0 Å². The van der Waals surface area contributed by atoms with Crippen molar-refractivity contribution >= 4 is 29.9 Å². The third-order valence-electron chi connectivity index (χ3n) is 3.93. The van der Waals surface area contributed by atoms with Crippen LogP contribution in [0.5, 0.6) is 17.2 Å². The van der Waals surface area contributed by atoms with Crippen molar-refractivity contribution in [1.82, 2.24) is 10.6 Å². The lowest BCUT2D eigenvalue weighted by atomic mass is 10.1. The molecule has 1 aromatic carbocycles. The molecule has 1 atom stereocenters. The molecule has 0 saturated carbocycles. The van der Waals surface area contributed by atoms with Gasteiger partial charge in [-0.1, -0.05) is 26.2 Å². The Labute approximate surface area is 174 Å². The number of nitrogens with zero attached hydrogens (tertiary/aromatic N) is 1. The van der Waals surface area contributed by atoms with E-state index in [2.05, 4.69) is 29.5 Å². The first-order valence-corrected chi connectivity index (χ1v) is 9.04. The average Bonchev–Trinajstić information content (AvgIpc) is 2.61. The number of aromatic hydroxyl groups is 1. The monoisotopic (exact) mass is 479 g/mol. The van der Waals surface area contributed by atoms with Gasteiger partial charge in [-0.3, -0.25) is 0 Å². The van der Waals surface area contributed by atoms with Gasteiger partial charge >= 0.3 is 0 Å². The van der Waals surface area contributed by atoms with Gasteiger partial charge in [0.1, 0.15) is 0 Å². The fourth-order valence-electron chi connectivity index (χ4n) is 2.54. The van der Waals surface area contributed by atoms with Gasteiger partial charge in [-0.25, -0.2) is 4.99 Å². The zero-order valence-electron chi connectivity index (χ0n) is 16.6. The maximum absolute atomic E-state index is 9.99. The van der Waals surface area contributed by atoms with Crippen molar-refractivity contribution in [3.63, 3.8) is 0 Å². The number of hydrogen-bond donors (Lipinski definition) is 3. The van der Waals surface area contributed by atoms with Gasteiger partial charge in [0.05, 0.1) is 20.8 Å². The maximum Gasteiger partial charge on any atom is 0.200 e. The molecule has 1 rings (SSSR count). The average molecular weight is 479 g/mol. The number of halogens is 1. The molecule has 0 heterocycles. The SMILES string of the molecule is CCCCCC(C)NC(=NCc1cc(OC)c(O)c(OC)c1)NCC.I. The Kier molecular flexibility index (Phi) is 13.0. The van der Waals surface area contributed by atoms with E-state index in [1.807, 2.05) is 6.92 Å². The number of rotatable bonds is 10. The van der Waals surface area contributed by atoms with Gasteiger partial charge in [0.25, 0.3) is 0 Å². The number of ether oxygens (including phenoxy) is 2. The molecule has 0 aromatic heterocycles. The number of methoxy groups -OCH3 is 2. The molecule has 0 spiro atoms. The summed E-state index contributed by atoms with van der Waals surface area (Å²) < 4.78 is 10.4. The molecule has 150 valence electrons. The van der Waals surface area contributed by atoms with E-state index < -0.39 is 0 Å². The predicted molar refractivity (Wildman–Crippen MR) is 118 cm³/mol. The third kappa shape index (κ3) is 8.33. The lowest BCUT2D eigenvalue weighted by Gasteiger charge is -2.18. The van der Waals surface area contributed by atoms with Crippen molar-refractivity contribution in [2.24, 2.45) is 4.99 Å². The summed E-state index contributed by atoms with van der Waals surface area (Å²) in [4.78, 5) is 4.63. The van der Waals surface area contributed by atoms with E-state index in [0.717, 1.165) is 24.5 Å². The van der Waals surface area contributed by atoms with Crippen LogP contribution < -0.4 is 20.1 Å². The molecule has 1 aromatic rings. The van der Waals surface area contributed by atoms with Crippen molar-refractivity contribution in [3.8, 4) is 17.2 Å². The van der Waals surface area contributed by atoms with Gasteiger partial charge in [0.15, 0.2) is 17.5 Å². The molecule has 0 aliphatic heterocycles. The molecule has 0 aliphatic carbocycles. The Balaban J connectivity index is 0.00000625. The van der Waals surface area contributed by atoms with Gasteiger partial charge < -0.3 is 25.2 Å². The highest BCUT2D eigenvalue weighted by Gasteiger charge is 2.11. The highest BCUT2D eigenvalue weighted by molar-refractivity contribution is 14.0. The smallest absolute Gasteiger partial charge is 0.200 e. The quantitative estimate of drug-likeness (QED) is 0.204. The van der Waals surface area contributed by atoms with Gasteiger partial charge in [0, 0.05) is 12.6 Å². The zero-order chi connectivity index (χ0) is 18.7. The van der Waals surface area contributed by atoms with Crippen LogP contribution in [0.4, 0.5) is 0 Å². The summed E-state index contributed by atoms with van der Waals surface area (Å²) in [5, 5.41) is 16.7.